The summed E-state index contributed by atoms with van der Waals surface area (Å²) in [4.78, 5) is 8.89. The van der Waals surface area contributed by atoms with Crippen LogP contribution in [0, 0.1) is 9.49 Å². The highest BCUT2D eigenvalue weighted by atomic mass is 127. The Kier molecular flexibility index (Phi) is 6.36. The summed E-state index contributed by atoms with van der Waals surface area (Å²) >= 11 is 10.2. The highest BCUT2D eigenvalue weighted by molar-refractivity contribution is 14.1. The number of hydrogen-bond acceptors (Lipinski definition) is 3. The van der Waals surface area contributed by atoms with Gasteiger partial charge in [-0.15, -0.1) is 0 Å². The largest absolute Gasteiger partial charge is 0.236 e. The van der Waals surface area contributed by atoms with Gasteiger partial charge in [0.25, 0.3) is 0 Å². The lowest BCUT2D eigenvalue weighted by atomic mass is 10.1. The van der Waals surface area contributed by atoms with Gasteiger partial charge in [0.15, 0.2) is 0 Å². The molecule has 5 heteroatoms. The zero-order valence-corrected chi connectivity index (χ0v) is 13.5. The van der Waals surface area contributed by atoms with Crippen LogP contribution in [0.15, 0.2) is 0 Å². The van der Waals surface area contributed by atoms with Crippen LogP contribution >= 0.6 is 46.0 Å². The lowest BCUT2D eigenvalue weighted by Crippen LogP contribution is -2.06. The van der Waals surface area contributed by atoms with Crippen molar-refractivity contribution in [3.05, 3.63) is 20.2 Å². The topological polar surface area (TPSA) is 25.8 Å². The number of nitrogens with zero attached hydrogens (tertiary/aromatic N) is 2. The van der Waals surface area contributed by atoms with E-state index in [0.717, 1.165) is 33.0 Å². The van der Waals surface area contributed by atoms with Crippen molar-refractivity contribution in [1.29, 1.82) is 0 Å². The SMILES string of the molecule is CCSCc1nc(Cl)c(I)c(CC(C)C)n1. The lowest BCUT2D eigenvalue weighted by Gasteiger charge is -2.09. The first-order valence-electron chi connectivity index (χ1n) is 5.33. The van der Waals surface area contributed by atoms with Gasteiger partial charge in [-0.3, -0.25) is 0 Å². The van der Waals surface area contributed by atoms with Crippen LogP contribution in [0.1, 0.15) is 32.3 Å². The molecule has 0 saturated carbocycles. The molecular weight excluding hydrogens is 355 g/mol. The Hall–Kier alpha value is 0.450. The molecule has 1 aromatic rings. The molecule has 0 aliphatic carbocycles. The average Bonchev–Trinajstić information content (AvgIpc) is 2.21. The average molecular weight is 371 g/mol. The Balaban J connectivity index is 2.92. The molecule has 1 rings (SSSR count). The molecule has 0 unspecified atom stereocenters. The second kappa shape index (κ2) is 7.01. The monoisotopic (exact) mass is 370 g/mol. The number of hydrogen-bond donors (Lipinski definition) is 0. The molecule has 0 amide bonds. The molecule has 0 aliphatic heterocycles. The molecule has 0 saturated heterocycles. The van der Waals surface area contributed by atoms with E-state index in [9.17, 15) is 0 Å². The summed E-state index contributed by atoms with van der Waals surface area (Å²) in [5.74, 6) is 3.36. The summed E-state index contributed by atoms with van der Waals surface area (Å²) in [6.07, 6.45) is 0.963. The van der Waals surface area contributed by atoms with Crippen molar-refractivity contribution in [2.24, 2.45) is 5.92 Å². The predicted molar refractivity (Wildman–Crippen MR) is 80.1 cm³/mol. The fourth-order valence-electron chi connectivity index (χ4n) is 1.29. The standard InChI is InChI=1S/C11H16ClIN2S/c1-4-16-6-9-14-8(5-7(2)3)10(13)11(12)15-9/h7H,4-6H2,1-3H3. The fraction of sp³-hybridized carbons (Fsp3) is 0.636. The maximum absolute atomic E-state index is 6.11. The van der Waals surface area contributed by atoms with E-state index < -0.39 is 0 Å². The molecule has 0 spiro atoms. The third-order valence-corrected chi connectivity index (χ3v) is 4.56. The van der Waals surface area contributed by atoms with Crippen LogP contribution in [0.3, 0.4) is 0 Å². The van der Waals surface area contributed by atoms with Crippen LogP contribution < -0.4 is 0 Å². The number of rotatable bonds is 5. The van der Waals surface area contributed by atoms with E-state index in [-0.39, 0.29) is 0 Å². The summed E-state index contributed by atoms with van der Waals surface area (Å²) in [5, 5.41) is 0.595. The Morgan fingerprint density at radius 1 is 1.38 bits per heavy atom. The smallest absolute Gasteiger partial charge is 0.146 e. The molecular formula is C11H16ClIN2S. The van der Waals surface area contributed by atoms with E-state index >= 15 is 0 Å². The Bertz CT molecular complexity index is 358. The van der Waals surface area contributed by atoms with Crippen molar-refractivity contribution in [2.45, 2.75) is 32.9 Å². The summed E-state index contributed by atoms with van der Waals surface area (Å²) in [7, 11) is 0. The molecule has 0 atom stereocenters. The van der Waals surface area contributed by atoms with Crippen molar-refractivity contribution in [1.82, 2.24) is 9.97 Å². The first kappa shape index (κ1) is 14.5. The van der Waals surface area contributed by atoms with E-state index in [0.29, 0.717) is 11.1 Å². The second-order valence-corrected chi connectivity index (χ2v) is 6.64. The van der Waals surface area contributed by atoms with Crippen LogP contribution in [-0.4, -0.2) is 15.7 Å². The molecule has 0 radical (unpaired) electrons. The molecule has 0 aliphatic rings. The maximum atomic E-state index is 6.11. The molecule has 1 aromatic heterocycles. The molecule has 2 nitrogen and oxygen atoms in total. The minimum Gasteiger partial charge on any atom is -0.236 e. The summed E-state index contributed by atoms with van der Waals surface area (Å²) in [6, 6.07) is 0. The molecule has 0 N–H and O–H groups in total. The van der Waals surface area contributed by atoms with Crippen LogP contribution in [0.2, 0.25) is 5.15 Å². The van der Waals surface area contributed by atoms with Crippen molar-refractivity contribution >= 4 is 46.0 Å². The van der Waals surface area contributed by atoms with Crippen LogP contribution in [0.25, 0.3) is 0 Å². The molecule has 16 heavy (non-hydrogen) atoms. The van der Waals surface area contributed by atoms with Gasteiger partial charge in [-0.2, -0.15) is 11.8 Å². The van der Waals surface area contributed by atoms with Gasteiger partial charge in [-0.25, -0.2) is 9.97 Å². The molecule has 1 heterocycles. The van der Waals surface area contributed by atoms with Crippen LogP contribution in [0.4, 0.5) is 0 Å². The lowest BCUT2D eigenvalue weighted by molar-refractivity contribution is 0.629. The highest BCUT2D eigenvalue weighted by Crippen LogP contribution is 2.22. The van der Waals surface area contributed by atoms with Crippen LogP contribution in [-0.2, 0) is 12.2 Å². The maximum Gasteiger partial charge on any atom is 0.146 e. The molecule has 0 aromatic carbocycles. The third kappa shape index (κ3) is 4.37. The minimum atomic E-state index is 0.589. The molecule has 0 fully saturated rings. The first-order valence-corrected chi connectivity index (χ1v) is 7.94. The highest BCUT2D eigenvalue weighted by Gasteiger charge is 2.11. The van der Waals surface area contributed by atoms with E-state index in [2.05, 4.69) is 53.3 Å². The summed E-state index contributed by atoms with van der Waals surface area (Å²) in [6.45, 7) is 6.51. The number of halogens is 2. The van der Waals surface area contributed by atoms with Crippen molar-refractivity contribution in [3.63, 3.8) is 0 Å². The Morgan fingerprint density at radius 2 is 2.06 bits per heavy atom. The fourth-order valence-corrected chi connectivity index (χ4v) is 2.48. The van der Waals surface area contributed by atoms with Gasteiger partial charge in [0, 0.05) is 0 Å². The second-order valence-electron chi connectivity index (χ2n) is 3.93. The summed E-state index contributed by atoms with van der Waals surface area (Å²) < 4.78 is 0.998. The van der Waals surface area contributed by atoms with Gasteiger partial charge in [0.05, 0.1) is 15.0 Å². The van der Waals surface area contributed by atoms with Gasteiger partial charge in [-0.1, -0.05) is 32.4 Å². The van der Waals surface area contributed by atoms with Crippen LogP contribution in [0.5, 0.6) is 0 Å². The number of thioether (sulfide) groups is 1. The van der Waals surface area contributed by atoms with Gasteiger partial charge in [0.2, 0.25) is 0 Å². The van der Waals surface area contributed by atoms with E-state index in [4.69, 9.17) is 11.6 Å². The van der Waals surface area contributed by atoms with Gasteiger partial charge in [-0.05, 0) is 40.7 Å². The first-order chi connectivity index (χ1) is 7.54. The Labute approximate surface area is 120 Å². The number of aromatic nitrogens is 2. The normalized spacial score (nSPS) is 11.1. The van der Waals surface area contributed by atoms with Gasteiger partial charge in [0.1, 0.15) is 11.0 Å². The zero-order chi connectivity index (χ0) is 12.1. The predicted octanol–water partition coefficient (Wildman–Crippen LogP) is 4.19. The van der Waals surface area contributed by atoms with Crippen molar-refractivity contribution < 1.29 is 0 Å². The van der Waals surface area contributed by atoms with E-state index in [1.165, 1.54) is 0 Å². The minimum absolute atomic E-state index is 0.589. The van der Waals surface area contributed by atoms with E-state index in [1.807, 2.05) is 11.8 Å². The Morgan fingerprint density at radius 3 is 2.62 bits per heavy atom. The van der Waals surface area contributed by atoms with Gasteiger partial charge < -0.3 is 0 Å². The third-order valence-electron chi connectivity index (χ3n) is 1.96. The van der Waals surface area contributed by atoms with Crippen molar-refractivity contribution in [3.8, 4) is 0 Å². The van der Waals surface area contributed by atoms with E-state index in [1.54, 1.807) is 0 Å². The summed E-state index contributed by atoms with van der Waals surface area (Å²) in [5.41, 5.74) is 1.09. The molecule has 0 bridgehead atoms. The molecule has 90 valence electrons. The quantitative estimate of drug-likeness (QED) is 0.574. The zero-order valence-electron chi connectivity index (χ0n) is 9.76. The van der Waals surface area contributed by atoms with Crippen molar-refractivity contribution in [2.75, 3.05) is 5.75 Å². The van der Waals surface area contributed by atoms with Gasteiger partial charge >= 0.3 is 0 Å².